The number of hydrogen-bond acceptors (Lipinski definition) is 4. The van der Waals surface area contributed by atoms with Gasteiger partial charge in [0.2, 0.25) is 0 Å². The van der Waals surface area contributed by atoms with E-state index in [1.807, 2.05) is 12.1 Å². The molecule has 0 fully saturated rings. The molecule has 14 heavy (non-hydrogen) atoms. The Morgan fingerprint density at radius 3 is 3.07 bits per heavy atom. The van der Waals surface area contributed by atoms with Gasteiger partial charge in [-0.05, 0) is 31.0 Å². The van der Waals surface area contributed by atoms with Crippen molar-refractivity contribution in [3.8, 4) is 0 Å². The molecule has 1 N–H and O–H groups in total. The third-order valence-corrected chi connectivity index (χ3v) is 2.71. The van der Waals surface area contributed by atoms with Crippen LogP contribution in [-0.2, 0) is 6.42 Å². The van der Waals surface area contributed by atoms with Gasteiger partial charge in [0.15, 0.2) is 0 Å². The highest BCUT2D eigenvalue weighted by molar-refractivity contribution is 7.16. The maximum absolute atomic E-state index is 10.9. The first-order chi connectivity index (χ1) is 6.65. The Morgan fingerprint density at radius 2 is 2.36 bits per heavy atom. The molecular formula is C10H10O3S. The fraction of sp³-hybridized carbons (Fsp3) is 0.300. The minimum Gasteiger partial charge on any atom is -0.414 e. The van der Waals surface area contributed by atoms with Crippen molar-refractivity contribution >= 4 is 21.6 Å². The van der Waals surface area contributed by atoms with Crippen LogP contribution in [0, 0.1) is 0 Å². The van der Waals surface area contributed by atoms with Crippen LogP contribution in [0.5, 0.6) is 0 Å². The van der Waals surface area contributed by atoms with Crippen LogP contribution in [-0.4, -0.2) is 11.2 Å². The first kappa shape index (κ1) is 9.43. The fourth-order valence-electron chi connectivity index (χ4n) is 1.39. The van der Waals surface area contributed by atoms with Gasteiger partial charge < -0.3 is 9.52 Å². The number of fused-ring (bicyclic) bond motifs is 1. The summed E-state index contributed by atoms with van der Waals surface area (Å²) in [4.78, 5) is 10.6. The van der Waals surface area contributed by atoms with E-state index < -0.39 is 0 Å². The predicted octanol–water partition coefficient (Wildman–Crippen LogP) is 1.78. The van der Waals surface area contributed by atoms with Crippen molar-refractivity contribution in [2.75, 3.05) is 0 Å². The van der Waals surface area contributed by atoms with Crippen molar-refractivity contribution < 1.29 is 9.52 Å². The van der Waals surface area contributed by atoms with E-state index >= 15 is 0 Å². The van der Waals surface area contributed by atoms with Gasteiger partial charge in [0.25, 0.3) is 0 Å². The van der Waals surface area contributed by atoms with Gasteiger partial charge in [0.05, 0.1) is 10.8 Å². The van der Waals surface area contributed by atoms with Gasteiger partial charge in [0, 0.05) is 0 Å². The molecule has 0 aliphatic rings. The minimum atomic E-state index is -0.365. The summed E-state index contributed by atoms with van der Waals surface area (Å²) in [5, 5.41) is 9.20. The Kier molecular flexibility index (Phi) is 2.39. The lowest BCUT2D eigenvalue weighted by atomic mass is 10.1. The van der Waals surface area contributed by atoms with Crippen molar-refractivity contribution in [1.82, 2.24) is 0 Å². The van der Waals surface area contributed by atoms with E-state index in [0.717, 1.165) is 21.6 Å². The topological polar surface area (TPSA) is 50.4 Å². The molecule has 1 aromatic heterocycles. The molecule has 0 saturated carbocycles. The monoisotopic (exact) mass is 210 g/mol. The second kappa shape index (κ2) is 3.55. The molecule has 0 spiro atoms. The number of hydrogen-bond donors (Lipinski definition) is 1. The van der Waals surface area contributed by atoms with Crippen molar-refractivity contribution in [3.63, 3.8) is 0 Å². The maximum Gasteiger partial charge on any atom is 0.396 e. The summed E-state index contributed by atoms with van der Waals surface area (Å²) >= 11 is 1.09. The van der Waals surface area contributed by atoms with Gasteiger partial charge >= 0.3 is 4.94 Å². The highest BCUT2D eigenvalue weighted by atomic mass is 32.1. The summed E-state index contributed by atoms with van der Waals surface area (Å²) in [6.45, 7) is 1.74. The molecule has 0 saturated heterocycles. The molecule has 0 amide bonds. The van der Waals surface area contributed by atoms with Gasteiger partial charge in [-0.3, -0.25) is 0 Å². The van der Waals surface area contributed by atoms with Crippen LogP contribution in [0.2, 0.25) is 0 Å². The number of benzene rings is 1. The van der Waals surface area contributed by atoms with Crippen LogP contribution in [0.25, 0.3) is 10.3 Å². The second-order valence-corrected chi connectivity index (χ2v) is 4.27. The zero-order valence-corrected chi connectivity index (χ0v) is 8.50. The van der Waals surface area contributed by atoms with Gasteiger partial charge in [-0.15, -0.1) is 0 Å². The highest BCUT2D eigenvalue weighted by Gasteiger charge is 2.04. The Bertz CT molecular complexity index is 495. The molecule has 0 radical (unpaired) electrons. The van der Waals surface area contributed by atoms with Gasteiger partial charge in [-0.1, -0.05) is 17.4 Å². The normalized spacial score (nSPS) is 13.3. The van der Waals surface area contributed by atoms with Crippen molar-refractivity contribution in [3.05, 3.63) is 33.5 Å². The zero-order chi connectivity index (χ0) is 10.1. The van der Waals surface area contributed by atoms with Crippen LogP contribution < -0.4 is 4.94 Å². The van der Waals surface area contributed by atoms with Crippen LogP contribution in [0.4, 0.5) is 0 Å². The zero-order valence-electron chi connectivity index (χ0n) is 7.69. The van der Waals surface area contributed by atoms with Crippen LogP contribution in [0.1, 0.15) is 12.5 Å². The quantitative estimate of drug-likeness (QED) is 0.822. The first-order valence-corrected chi connectivity index (χ1v) is 5.17. The third-order valence-electron chi connectivity index (χ3n) is 1.93. The fourth-order valence-corrected chi connectivity index (χ4v) is 2.12. The second-order valence-electron chi connectivity index (χ2n) is 3.29. The van der Waals surface area contributed by atoms with Gasteiger partial charge in [-0.25, -0.2) is 4.79 Å². The van der Waals surface area contributed by atoms with E-state index in [1.165, 1.54) is 0 Å². The van der Waals surface area contributed by atoms with Gasteiger partial charge in [0.1, 0.15) is 5.58 Å². The smallest absolute Gasteiger partial charge is 0.396 e. The Hall–Kier alpha value is -1.13. The summed E-state index contributed by atoms with van der Waals surface area (Å²) in [7, 11) is 0. The predicted molar refractivity (Wildman–Crippen MR) is 55.7 cm³/mol. The van der Waals surface area contributed by atoms with E-state index in [0.29, 0.717) is 12.0 Å². The average molecular weight is 210 g/mol. The van der Waals surface area contributed by atoms with E-state index in [-0.39, 0.29) is 11.0 Å². The Labute approximate surface area is 84.6 Å². The van der Waals surface area contributed by atoms with Crippen LogP contribution in [0.3, 0.4) is 0 Å². The molecule has 1 atom stereocenters. The molecular weight excluding hydrogens is 200 g/mol. The number of aliphatic hydroxyl groups is 1. The molecule has 2 aromatic rings. The number of rotatable bonds is 2. The molecule has 1 heterocycles. The first-order valence-electron chi connectivity index (χ1n) is 4.36. The van der Waals surface area contributed by atoms with E-state index in [1.54, 1.807) is 13.0 Å². The highest BCUT2D eigenvalue weighted by Crippen LogP contribution is 2.19. The summed E-state index contributed by atoms with van der Waals surface area (Å²) in [5.74, 6) is 0. The van der Waals surface area contributed by atoms with E-state index in [9.17, 15) is 9.90 Å². The minimum absolute atomic E-state index is 0.283. The molecule has 2 rings (SSSR count). The van der Waals surface area contributed by atoms with Crippen molar-refractivity contribution in [2.45, 2.75) is 19.4 Å². The van der Waals surface area contributed by atoms with Crippen LogP contribution >= 0.6 is 11.3 Å². The third kappa shape index (κ3) is 1.86. The Morgan fingerprint density at radius 1 is 1.57 bits per heavy atom. The molecule has 0 bridgehead atoms. The lowest BCUT2D eigenvalue weighted by Gasteiger charge is -2.02. The summed E-state index contributed by atoms with van der Waals surface area (Å²) in [6.07, 6.45) is 0.234. The Balaban J connectivity index is 2.45. The average Bonchev–Trinajstić information content (AvgIpc) is 2.42. The molecule has 4 heteroatoms. The van der Waals surface area contributed by atoms with Crippen LogP contribution in [0.15, 0.2) is 27.4 Å². The lowest BCUT2D eigenvalue weighted by molar-refractivity contribution is 0.195. The number of aliphatic hydroxyl groups excluding tert-OH is 1. The molecule has 1 unspecified atom stereocenters. The summed E-state index contributed by atoms with van der Waals surface area (Å²) < 4.78 is 5.77. The molecule has 74 valence electrons. The van der Waals surface area contributed by atoms with E-state index in [2.05, 4.69) is 0 Å². The lowest BCUT2D eigenvalue weighted by Crippen LogP contribution is -2.03. The van der Waals surface area contributed by atoms with Crippen molar-refractivity contribution in [2.24, 2.45) is 0 Å². The van der Waals surface area contributed by atoms with E-state index in [4.69, 9.17) is 4.42 Å². The largest absolute Gasteiger partial charge is 0.414 e. The summed E-state index contributed by atoms with van der Waals surface area (Å²) in [5.41, 5.74) is 1.64. The molecule has 0 aliphatic carbocycles. The molecule has 0 aliphatic heterocycles. The van der Waals surface area contributed by atoms with Gasteiger partial charge in [-0.2, -0.15) is 0 Å². The molecule has 3 nitrogen and oxygen atoms in total. The maximum atomic E-state index is 10.9. The SMILES string of the molecule is CC(O)Cc1ccc2oc(=O)sc2c1. The molecule has 1 aromatic carbocycles. The standard InChI is InChI=1S/C10H10O3S/c1-6(11)4-7-2-3-8-9(5-7)14-10(12)13-8/h2-3,5-6,11H,4H2,1H3. The summed E-state index contributed by atoms with van der Waals surface area (Å²) in [6, 6.07) is 5.52. The van der Waals surface area contributed by atoms with Crippen molar-refractivity contribution in [1.29, 1.82) is 0 Å².